The van der Waals surface area contributed by atoms with E-state index in [4.69, 9.17) is 19.5 Å². The highest BCUT2D eigenvalue weighted by atomic mass is 32.1. The molecule has 3 rings (SSSR count). The SMILES string of the molecule is CC(C)(COP(=O)(O)OP(=O)(O)OC[C@H]1O[C@@H](n2cnc3c(N)ncnc32)[C@H](O)[C@@H]1OP(=O)(O)O)[C@@H](O)C(=O)NCCC(=O)NCCS.CCCCCC. The summed E-state index contributed by atoms with van der Waals surface area (Å²) in [4.78, 5) is 74.6. The molecular formula is C27H50N7O16P3S. The van der Waals surface area contributed by atoms with Crippen molar-refractivity contribution in [2.45, 2.75) is 90.4 Å². The molecule has 2 aromatic rings. The number of phosphoric ester groups is 3. The summed E-state index contributed by atoms with van der Waals surface area (Å²) in [6, 6.07) is 0. The highest BCUT2D eigenvalue weighted by Crippen LogP contribution is 2.61. The van der Waals surface area contributed by atoms with Crippen LogP contribution in [0.5, 0.6) is 0 Å². The lowest BCUT2D eigenvalue weighted by molar-refractivity contribution is -0.137. The van der Waals surface area contributed by atoms with Gasteiger partial charge in [-0.2, -0.15) is 16.9 Å². The molecule has 0 radical (unpaired) electrons. The van der Waals surface area contributed by atoms with Crippen LogP contribution in [0.4, 0.5) is 5.82 Å². The van der Waals surface area contributed by atoms with Crippen LogP contribution in [0, 0.1) is 5.41 Å². The second kappa shape index (κ2) is 21.4. The number of nitrogens with one attached hydrogen (secondary N) is 2. The summed E-state index contributed by atoms with van der Waals surface area (Å²) >= 11 is 3.95. The van der Waals surface area contributed by atoms with Crippen LogP contribution in [0.1, 0.15) is 66.0 Å². The smallest absolute Gasteiger partial charge is 0.386 e. The number of imidazole rings is 1. The Morgan fingerprint density at radius 2 is 1.67 bits per heavy atom. The van der Waals surface area contributed by atoms with Gasteiger partial charge in [0.05, 0.1) is 19.5 Å². The first kappa shape index (κ1) is 48.0. The average Bonchev–Trinajstić information content (AvgIpc) is 3.64. The maximum atomic E-state index is 12.6. The topological polar surface area (TPSA) is 347 Å². The molecule has 23 nitrogen and oxygen atoms in total. The molecule has 54 heavy (non-hydrogen) atoms. The van der Waals surface area contributed by atoms with Crippen LogP contribution < -0.4 is 16.4 Å². The summed E-state index contributed by atoms with van der Waals surface area (Å²) in [7, 11) is -16.3. The van der Waals surface area contributed by atoms with Crippen molar-refractivity contribution in [3.05, 3.63) is 12.7 Å². The second-order valence-corrected chi connectivity index (χ2v) is 17.2. The minimum absolute atomic E-state index is 0.0363. The minimum atomic E-state index is -5.54. The molecule has 3 heterocycles. The van der Waals surface area contributed by atoms with Crippen LogP contribution in [-0.4, -0.2) is 118 Å². The average molecular weight is 854 g/mol. The number of phosphoric acid groups is 3. The van der Waals surface area contributed by atoms with Gasteiger partial charge in [0.2, 0.25) is 11.8 Å². The van der Waals surface area contributed by atoms with Crippen molar-refractivity contribution in [3.8, 4) is 0 Å². The molecule has 27 heteroatoms. The van der Waals surface area contributed by atoms with Gasteiger partial charge in [0.1, 0.15) is 36.3 Å². The van der Waals surface area contributed by atoms with Gasteiger partial charge in [-0.05, 0) is 0 Å². The van der Waals surface area contributed by atoms with Crippen LogP contribution in [0.2, 0.25) is 0 Å². The number of hydrogen-bond donors (Lipinski definition) is 10. The van der Waals surface area contributed by atoms with E-state index in [1.165, 1.54) is 39.5 Å². The van der Waals surface area contributed by atoms with Crippen molar-refractivity contribution < 1.29 is 75.7 Å². The highest BCUT2D eigenvalue weighted by molar-refractivity contribution is 7.80. The Morgan fingerprint density at radius 1 is 1.04 bits per heavy atom. The molecule has 310 valence electrons. The van der Waals surface area contributed by atoms with Gasteiger partial charge in [-0.3, -0.25) is 27.7 Å². The van der Waals surface area contributed by atoms with Gasteiger partial charge in [-0.1, -0.05) is 53.4 Å². The Balaban J connectivity index is 0.00000155. The molecule has 0 bridgehead atoms. The van der Waals surface area contributed by atoms with E-state index in [-0.39, 0.29) is 35.9 Å². The first-order valence-electron chi connectivity index (χ1n) is 16.6. The molecule has 1 fully saturated rings. The third kappa shape index (κ3) is 15.4. The number of aliphatic hydroxyl groups is 2. The summed E-state index contributed by atoms with van der Waals surface area (Å²) in [5, 5.41) is 26.1. The highest BCUT2D eigenvalue weighted by Gasteiger charge is 2.50. The number of aliphatic hydroxyl groups excluding tert-OH is 2. The summed E-state index contributed by atoms with van der Waals surface area (Å²) in [5.74, 6) is -0.943. The minimum Gasteiger partial charge on any atom is -0.386 e. The molecule has 0 aromatic carbocycles. The normalized spacial score (nSPS) is 21.8. The Morgan fingerprint density at radius 3 is 2.26 bits per heavy atom. The van der Waals surface area contributed by atoms with E-state index in [1.54, 1.807) is 0 Å². The Hall–Kier alpha value is -2.11. The lowest BCUT2D eigenvalue weighted by Crippen LogP contribution is -2.46. The monoisotopic (exact) mass is 853 g/mol. The number of nitrogens with two attached hydrogens (primary N) is 1. The van der Waals surface area contributed by atoms with E-state index in [0.717, 1.165) is 17.2 Å². The fraction of sp³-hybridized carbons (Fsp3) is 0.741. The van der Waals surface area contributed by atoms with Gasteiger partial charge in [0.15, 0.2) is 17.7 Å². The van der Waals surface area contributed by atoms with Gasteiger partial charge < -0.3 is 50.9 Å². The fourth-order valence-electron chi connectivity index (χ4n) is 4.64. The first-order chi connectivity index (χ1) is 25.1. The number of unbranched alkanes of at least 4 members (excludes halogenated alkanes) is 3. The zero-order chi connectivity index (χ0) is 40.9. The number of amides is 2. The van der Waals surface area contributed by atoms with E-state index in [2.05, 4.69) is 60.9 Å². The molecule has 0 spiro atoms. The van der Waals surface area contributed by atoms with E-state index >= 15 is 0 Å². The van der Waals surface area contributed by atoms with Crippen molar-refractivity contribution in [3.63, 3.8) is 0 Å². The molecule has 2 amide bonds. The zero-order valence-electron chi connectivity index (χ0n) is 30.0. The van der Waals surface area contributed by atoms with E-state index in [0.29, 0.717) is 12.3 Å². The first-order valence-corrected chi connectivity index (χ1v) is 21.7. The molecule has 2 aromatic heterocycles. The summed E-state index contributed by atoms with van der Waals surface area (Å²) in [6.07, 6.45) is -1.20. The Kier molecular flexibility index (Phi) is 19.1. The van der Waals surface area contributed by atoms with E-state index in [1.807, 2.05) is 0 Å². The molecule has 1 aliphatic heterocycles. The standard InChI is InChI=1S/C21H36N7O16P3S.C6H14/c1-21(2,16(31)19(32)24-4-3-12(29)23-5-6-48)8-41-47(38,39)44-46(36,37)40-7-11-15(43-45(33,34)35)14(30)20(42-11)28-10-27-13-17(22)25-9-26-18(13)28;1-3-5-6-4-2/h9-11,14-16,20,30-31,48H,3-8H2,1-2H3,(H,23,29)(H,24,32)(H,36,37)(H,38,39)(H2,22,25,26)(H2,33,34,35);3-6H2,1-2H3/t11-,14-,15-,16+,20-;/m1./s1. The number of carbonyl (C=O) groups is 2. The predicted molar refractivity (Wildman–Crippen MR) is 193 cm³/mol. The number of nitrogens with zero attached hydrogens (tertiary/aromatic N) is 4. The third-order valence-electron chi connectivity index (χ3n) is 7.47. The number of fused-ring (bicyclic) bond motifs is 1. The van der Waals surface area contributed by atoms with Gasteiger partial charge in [-0.15, -0.1) is 0 Å². The molecule has 7 atom stereocenters. The van der Waals surface area contributed by atoms with Crippen molar-refractivity contribution in [2.75, 3.05) is 37.8 Å². The van der Waals surface area contributed by atoms with Crippen LogP contribution in [0.25, 0.3) is 11.2 Å². The number of ether oxygens (including phenoxy) is 1. The summed E-state index contributed by atoms with van der Waals surface area (Å²) in [6.45, 7) is 5.19. The van der Waals surface area contributed by atoms with E-state index in [9.17, 15) is 53.1 Å². The van der Waals surface area contributed by atoms with Crippen molar-refractivity contribution in [1.29, 1.82) is 0 Å². The van der Waals surface area contributed by atoms with Crippen LogP contribution in [0.3, 0.4) is 0 Å². The molecule has 2 unspecified atom stereocenters. The van der Waals surface area contributed by atoms with Crippen LogP contribution in [0.15, 0.2) is 12.7 Å². The Labute approximate surface area is 316 Å². The maximum Gasteiger partial charge on any atom is 0.481 e. The number of nitrogen functional groups attached to an aromatic ring is 1. The van der Waals surface area contributed by atoms with Crippen molar-refractivity contribution in [1.82, 2.24) is 30.2 Å². The Bertz CT molecular complexity index is 1660. The van der Waals surface area contributed by atoms with Crippen molar-refractivity contribution >= 4 is 64.9 Å². The molecule has 10 N–H and O–H groups in total. The molecule has 0 aliphatic carbocycles. The molecule has 1 saturated heterocycles. The van der Waals surface area contributed by atoms with Gasteiger partial charge >= 0.3 is 23.5 Å². The van der Waals surface area contributed by atoms with Gasteiger partial charge in [-0.25, -0.2) is 28.6 Å². The number of thiol groups is 1. The summed E-state index contributed by atoms with van der Waals surface area (Å²) in [5.41, 5.74) is 4.30. The lowest BCUT2D eigenvalue weighted by atomic mass is 9.87. The molecule has 0 saturated carbocycles. The quantitative estimate of drug-likeness (QED) is 0.0474. The van der Waals surface area contributed by atoms with Gasteiger partial charge in [0, 0.05) is 30.7 Å². The van der Waals surface area contributed by atoms with Crippen LogP contribution in [-0.2, 0) is 45.9 Å². The molecule has 1 aliphatic rings. The van der Waals surface area contributed by atoms with Gasteiger partial charge in [0.25, 0.3) is 0 Å². The summed E-state index contributed by atoms with van der Waals surface area (Å²) < 4.78 is 61.7. The van der Waals surface area contributed by atoms with Crippen molar-refractivity contribution in [2.24, 2.45) is 5.41 Å². The fourth-order valence-corrected chi connectivity index (χ4v) is 7.58. The number of anilines is 1. The molecular weight excluding hydrogens is 803 g/mol. The second-order valence-electron chi connectivity index (χ2n) is 12.5. The largest absolute Gasteiger partial charge is 0.481 e. The van der Waals surface area contributed by atoms with E-state index < -0.39 is 78.6 Å². The zero-order valence-corrected chi connectivity index (χ0v) is 33.6. The number of aromatic nitrogens is 4. The number of carbonyl (C=O) groups excluding carboxylic acids is 2. The third-order valence-corrected chi connectivity index (χ3v) is 10.8. The van der Waals surface area contributed by atoms with Crippen LogP contribution >= 0.6 is 36.1 Å². The number of rotatable bonds is 21. The predicted octanol–water partition coefficient (Wildman–Crippen LogP) is 0.921. The maximum absolute atomic E-state index is 12.6. The number of hydrogen-bond acceptors (Lipinski definition) is 17. The lowest BCUT2D eigenvalue weighted by Gasteiger charge is -2.30.